The van der Waals surface area contributed by atoms with E-state index >= 15 is 0 Å². The van der Waals surface area contributed by atoms with Crippen molar-refractivity contribution in [3.8, 4) is 0 Å². The normalized spacial score (nSPS) is 10.9. The molecule has 0 aliphatic rings. The first-order valence-corrected chi connectivity index (χ1v) is 7.93. The van der Waals surface area contributed by atoms with E-state index in [1.165, 1.54) is 44.9 Å². The molecular weight excluding hydrogens is 222 g/mol. The molecule has 0 aromatic heterocycles. The zero-order valence-electron chi connectivity index (χ0n) is 12.8. The smallest absolute Gasteiger partial charge is 0.219 e. The van der Waals surface area contributed by atoms with E-state index in [2.05, 4.69) is 26.1 Å². The fourth-order valence-electron chi connectivity index (χ4n) is 2.06. The summed E-state index contributed by atoms with van der Waals surface area (Å²) in [5.41, 5.74) is 0. The molecule has 0 unspecified atom stereocenters. The van der Waals surface area contributed by atoms with Crippen molar-refractivity contribution in [1.29, 1.82) is 0 Å². The molecule has 0 aliphatic heterocycles. The average molecular weight is 255 g/mol. The first-order valence-electron chi connectivity index (χ1n) is 7.93. The van der Waals surface area contributed by atoms with Crippen LogP contribution in [-0.2, 0) is 4.79 Å². The molecule has 0 saturated carbocycles. The minimum absolute atomic E-state index is 0.244. The largest absolute Gasteiger partial charge is 0.356 e. The third kappa shape index (κ3) is 13.5. The van der Waals surface area contributed by atoms with Crippen molar-refractivity contribution in [2.24, 2.45) is 5.92 Å². The second-order valence-electron chi connectivity index (χ2n) is 5.76. The van der Waals surface area contributed by atoms with Gasteiger partial charge in [-0.15, -0.1) is 0 Å². The number of rotatable bonds is 12. The van der Waals surface area contributed by atoms with Gasteiger partial charge in [0.1, 0.15) is 0 Å². The van der Waals surface area contributed by atoms with Crippen LogP contribution in [0.25, 0.3) is 0 Å². The molecule has 0 rings (SSSR count). The fraction of sp³-hybridized carbons (Fsp3) is 0.938. The van der Waals surface area contributed by atoms with Crippen molar-refractivity contribution in [3.63, 3.8) is 0 Å². The molecule has 18 heavy (non-hydrogen) atoms. The predicted octanol–water partition coefficient (Wildman–Crippen LogP) is 4.68. The second kappa shape index (κ2) is 12.9. The van der Waals surface area contributed by atoms with Crippen LogP contribution >= 0.6 is 0 Å². The summed E-state index contributed by atoms with van der Waals surface area (Å²) in [6.07, 6.45) is 11.8. The maximum atomic E-state index is 11.5. The summed E-state index contributed by atoms with van der Waals surface area (Å²) in [5, 5.41) is 3.02. The highest BCUT2D eigenvalue weighted by molar-refractivity contribution is 5.75. The van der Waals surface area contributed by atoms with Crippen LogP contribution < -0.4 is 5.32 Å². The van der Waals surface area contributed by atoms with Crippen LogP contribution in [0.1, 0.15) is 85.0 Å². The Morgan fingerprint density at radius 1 is 0.944 bits per heavy atom. The third-order valence-electron chi connectivity index (χ3n) is 3.29. The number of hydrogen-bond acceptors (Lipinski definition) is 1. The lowest BCUT2D eigenvalue weighted by molar-refractivity contribution is -0.121. The molecule has 0 radical (unpaired) electrons. The number of amides is 1. The van der Waals surface area contributed by atoms with Crippen LogP contribution in [-0.4, -0.2) is 12.5 Å². The monoisotopic (exact) mass is 255 g/mol. The first-order chi connectivity index (χ1) is 8.66. The summed E-state index contributed by atoms with van der Waals surface area (Å²) in [6.45, 7) is 7.62. The summed E-state index contributed by atoms with van der Waals surface area (Å²) in [4.78, 5) is 11.5. The molecule has 0 aliphatic carbocycles. The van der Waals surface area contributed by atoms with E-state index in [0.29, 0.717) is 6.42 Å². The highest BCUT2D eigenvalue weighted by Crippen LogP contribution is 2.09. The maximum Gasteiger partial charge on any atom is 0.219 e. The quantitative estimate of drug-likeness (QED) is 0.504. The molecular formula is C16H33NO. The van der Waals surface area contributed by atoms with Gasteiger partial charge in [-0.3, -0.25) is 4.79 Å². The summed E-state index contributed by atoms with van der Waals surface area (Å²) >= 11 is 0. The number of hydrogen-bond donors (Lipinski definition) is 1. The molecule has 1 N–H and O–H groups in total. The Bertz CT molecular complexity index is 190. The molecule has 0 bridgehead atoms. The topological polar surface area (TPSA) is 29.1 Å². The van der Waals surface area contributed by atoms with Gasteiger partial charge in [0.05, 0.1) is 0 Å². The Hall–Kier alpha value is -0.530. The van der Waals surface area contributed by atoms with Gasteiger partial charge in [0.15, 0.2) is 0 Å². The van der Waals surface area contributed by atoms with Crippen LogP contribution in [0.5, 0.6) is 0 Å². The van der Waals surface area contributed by atoms with Gasteiger partial charge in [-0.1, -0.05) is 65.7 Å². The lowest BCUT2D eigenvalue weighted by Gasteiger charge is -2.06. The van der Waals surface area contributed by atoms with E-state index in [-0.39, 0.29) is 5.91 Å². The number of carbonyl (C=O) groups is 1. The third-order valence-corrected chi connectivity index (χ3v) is 3.29. The predicted molar refractivity (Wildman–Crippen MR) is 79.7 cm³/mol. The Morgan fingerprint density at radius 2 is 1.61 bits per heavy atom. The van der Waals surface area contributed by atoms with E-state index in [1.54, 1.807) is 0 Å². The highest BCUT2D eigenvalue weighted by atomic mass is 16.1. The summed E-state index contributed by atoms with van der Waals surface area (Å²) in [5.74, 6) is 1.07. The van der Waals surface area contributed by atoms with Gasteiger partial charge < -0.3 is 5.32 Å². The van der Waals surface area contributed by atoms with E-state index in [0.717, 1.165) is 25.3 Å². The van der Waals surface area contributed by atoms with E-state index in [9.17, 15) is 4.79 Å². The van der Waals surface area contributed by atoms with Crippen LogP contribution in [0, 0.1) is 5.92 Å². The van der Waals surface area contributed by atoms with Gasteiger partial charge in [0.2, 0.25) is 5.91 Å². The van der Waals surface area contributed by atoms with Crippen LogP contribution in [0.4, 0.5) is 0 Å². The SMILES string of the molecule is CCCCCCC(=O)NCCCCCCC(C)C. The van der Waals surface area contributed by atoms with Crippen LogP contribution in [0.3, 0.4) is 0 Å². The Balaban J connectivity index is 3.15. The molecule has 0 aromatic rings. The summed E-state index contributed by atoms with van der Waals surface area (Å²) in [7, 11) is 0. The molecule has 0 spiro atoms. The molecule has 108 valence electrons. The fourth-order valence-corrected chi connectivity index (χ4v) is 2.06. The summed E-state index contributed by atoms with van der Waals surface area (Å²) < 4.78 is 0. The maximum absolute atomic E-state index is 11.5. The van der Waals surface area contributed by atoms with E-state index < -0.39 is 0 Å². The number of carbonyl (C=O) groups excluding carboxylic acids is 1. The molecule has 0 fully saturated rings. The molecule has 2 heteroatoms. The minimum Gasteiger partial charge on any atom is -0.356 e. The van der Waals surface area contributed by atoms with Gasteiger partial charge in [0.25, 0.3) is 0 Å². The standard InChI is InChI=1S/C16H33NO/c1-4-5-6-10-13-16(18)17-14-11-8-7-9-12-15(2)3/h15H,4-14H2,1-3H3,(H,17,18). The Morgan fingerprint density at radius 3 is 2.28 bits per heavy atom. The van der Waals surface area contributed by atoms with Crippen LogP contribution in [0.2, 0.25) is 0 Å². The van der Waals surface area contributed by atoms with Gasteiger partial charge in [0, 0.05) is 13.0 Å². The van der Waals surface area contributed by atoms with Crippen LogP contribution in [0.15, 0.2) is 0 Å². The molecule has 0 saturated heterocycles. The first kappa shape index (κ1) is 17.5. The second-order valence-corrected chi connectivity index (χ2v) is 5.76. The lowest BCUT2D eigenvalue weighted by atomic mass is 10.0. The van der Waals surface area contributed by atoms with Gasteiger partial charge >= 0.3 is 0 Å². The zero-order chi connectivity index (χ0) is 13.6. The molecule has 0 atom stereocenters. The van der Waals surface area contributed by atoms with Gasteiger partial charge in [-0.25, -0.2) is 0 Å². The van der Waals surface area contributed by atoms with Crippen molar-refractivity contribution in [2.75, 3.05) is 6.54 Å². The van der Waals surface area contributed by atoms with E-state index in [1.807, 2.05) is 0 Å². The van der Waals surface area contributed by atoms with Gasteiger partial charge in [-0.05, 0) is 18.8 Å². The average Bonchev–Trinajstić information content (AvgIpc) is 2.33. The van der Waals surface area contributed by atoms with Crippen molar-refractivity contribution in [1.82, 2.24) is 5.32 Å². The van der Waals surface area contributed by atoms with Crippen molar-refractivity contribution < 1.29 is 4.79 Å². The molecule has 0 aromatic carbocycles. The molecule has 2 nitrogen and oxygen atoms in total. The highest BCUT2D eigenvalue weighted by Gasteiger charge is 2.00. The Kier molecular flexibility index (Phi) is 12.5. The van der Waals surface area contributed by atoms with E-state index in [4.69, 9.17) is 0 Å². The summed E-state index contributed by atoms with van der Waals surface area (Å²) in [6, 6.07) is 0. The zero-order valence-corrected chi connectivity index (χ0v) is 12.8. The van der Waals surface area contributed by atoms with Gasteiger partial charge in [-0.2, -0.15) is 0 Å². The Labute approximate surface area is 114 Å². The number of nitrogens with one attached hydrogen (secondary N) is 1. The lowest BCUT2D eigenvalue weighted by Crippen LogP contribution is -2.23. The number of unbranched alkanes of at least 4 members (excludes halogenated alkanes) is 6. The van der Waals surface area contributed by atoms with Crippen molar-refractivity contribution in [3.05, 3.63) is 0 Å². The molecule has 0 heterocycles. The minimum atomic E-state index is 0.244. The van der Waals surface area contributed by atoms with Crippen molar-refractivity contribution in [2.45, 2.75) is 85.0 Å². The molecule has 1 amide bonds. The van der Waals surface area contributed by atoms with Crippen molar-refractivity contribution >= 4 is 5.91 Å².